The summed E-state index contributed by atoms with van der Waals surface area (Å²) in [5.74, 6) is -0.855. The molecule has 2 aliphatic heterocycles. The maximum Gasteiger partial charge on any atom is 0.303 e. The summed E-state index contributed by atoms with van der Waals surface area (Å²) in [5.41, 5.74) is 2.26. The molecule has 8 heteroatoms. The van der Waals surface area contributed by atoms with E-state index in [-0.39, 0.29) is 35.5 Å². The average Bonchev–Trinajstić information content (AvgIpc) is 3.55. The third kappa shape index (κ3) is 4.41. The van der Waals surface area contributed by atoms with Crippen LogP contribution in [0.4, 0.5) is 5.69 Å². The molecule has 3 N–H and O–H groups in total. The minimum Gasteiger partial charge on any atom is -0.506 e. The van der Waals surface area contributed by atoms with Crippen LogP contribution in [0.15, 0.2) is 59.2 Å². The lowest BCUT2D eigenvalue weighted by atomic mass is 9.77. The second-order valence-corrected chi connectivity index (χ2v) is 9.07. The maximum atomic E-state index is 12.6. The largest absolute Gasteiger partial charge is 0.506 e. The van der Waals surface area contributed by atoms with Crippen molar-refractivity contribution < 1.29 is 29.0 Å². The Bertz CT molecular complexity index is 1220. The Hall–Kier alpha value is -3.65. The molecular weight excluding hydrogens is 436 g/mol. The molecule has 0 unspecified atom stereocenters. The Morgan fingerprint density at radius 2 is 1.88 bits per heavy atom. The van der Waals surface area contributed by atoms with Crippen molar-refractivity contribution in [3.05, 3.63) is 77.5 Å². The Labute approximate surface area is 196 Å². The van der Waals surface area contributed by atoms with Crippen molar-refractivity contribution in [2.24, 2.45) is 0 Å². The highest BCUT2D eigenvalue weighted by Crippen LogP contribution is 2.52. The lowest BCUT2D eigenvalue weighted by Gasteiger charge is -2.27. The molecule has 2 aliphatic rings. The molecule has 0 radical (unpaired) electrons. The van der Waals surface area contributed by atoms with E-state index in [1.54, 1.807) is 18.2 Å². The first-order chi connectivity index (χ1) is 16.4. The number of carbonyl (C=O) groups is 2. The highest BCUT2D eigenvalue weighted by molar-refractivity contribution is 6.03. The number of hydrogen-bond donors (Lipinski definition) is 3. The van der Waals surface area contributed by atoms with Crippen LogP contribution in [0.5, 0.6) is 5.75 Å². The number of fused-ring (bicyclic) bond motifs is 2. The third-order valence-corrected chi connectivity index (χ3v) is 6.79. The number of anilines is 1. The van der Waals surface area contributed by atoms with Gasteiger partial charge in [-0.15, -0.1) is 0 Å². The van der Waals surface area contributed by atoms with Crippen molar-refractivity contribution in [1.29, 1.82) is 0 Å². The van der Waals surface area contributed by atoms with E-state index in [9.17, 15) is 14.7 Å². The van der Waals surface area contributed by atoms with E-state index in [0.717, 1.165) is 30.4 Å². The molecule has 5 rings (SSSR count). The zero-order valence-electron chi connectivity index (χ0n) is 18.6. The second-order valence-electron chi connectivity index (χ2n) is 9.07. The number of hydrogen-bond acceptors (Lipinski definition) is 6. The molecule has 3 aromatic rings. The van der Waals surface area contributed by atoms with Crippen molar-refractivity contribution in [3.8, 4) is 5.75 Å². The number of carboxylic acids is 1. The summed E-state index contributed by atoms with van der Waals surface area (Å²) < 4.78 is 12.1. The second kappa shape index (κ2) is 8.95. The van der Waals surface area contributed by atoms with Gasteiger partial charge in [-0.3, -0.25) is 9.59 Å². The fraction of sp³-hybridized carbons (Fsp3) is 0.346. The number of aromatic nitrogens is 1. The van der Waals surface area contributed by atoms with Crippen LogP contribution in [-0.2, 0) is 22.4 Å². The molecule has 3 heterocycles. The zero-order chi connectivity index (χ0) is 23.7. The number of amides is 1. The smallest absolute Gasteiger partial charge is 0.303 e. The number of ether oxygens (including phenoxy) is 1. The van der Waals surface area contributed by atoms with E-state index in [1.165, 1.54) is 12.3 Å². The summed E-state index contributed by atoms with van der Waals surface area (Å²) in [4.78, 5) is 28.1. The van der Waals surface area contributed by atoms with Crippen LogP contribution in [0.25, 0.3) is 0 Å². The first-order valence-corrected chi connectivity index (χ1v) is 11.4. The van der Waals surface area contributed by atoms with Gasteiger partial charge in [0.05, 0.1) is 23.3 Å². The first-order valence-electron chi connectivity index (χ1n) is 11.4. The summed E-state index contributed by atoms with van der Waals surface area (Å²) in [6.07, 6.45) is 5.13. The van der Waals surface area contributed by atoms with Crippen molar-refractivity contribution in [1.82, 2.24) is 4.98 Å². The minimum atomic E-state index is -0.808. The molecule has 2 aromatic carbocycles. The SMILES string of the molecule is O=C(O)CCc1ccccc1C[C@]12CC[C@H](O1)[C@H](c1nc(C(=O)Nc3ccccc3O)co1)C2. The number of carbonyl (C=O) groups excluding carboxylic acids is 1. The summed E-state index contributed by atoms with van der Waals surface area (Å²) in [5, 5.41) is 21.6. The van der Waals surface area contributed by atoms with Gasteiger partial charge in [-0.05, 0) is 48.9 Å². The highest BCUT2D eigenvalue weighted by atomic mass is 16.5. The van der Waals surface area contributed by atoms with Gasteiger partial charge in [0.1, 0.15) is 12.0 Å². The summed E-state index contributed by atoms with van der Waals surface area (Å²) >= 11 is 0. The number of para-hydroxylation sites is 2. The number of aryl methyl sites for hydroxylation is 1. The van der Waals surface area contributed by atoms with Crippen LogP contribution in [0.3, 0.4) is 0 Å². The van der Waals surface area contributed by atoms with E-state index in [1.807, 2.05) is 24.3 Å². The minimum absolute atomic E-state index is 0.0216. The standard InChI is InChI=1S/C26H26N2O6/c29-21-8-4-3-7-19(21)27-24(32)20-15-33-25(28-20)18-14-26(12-11-22(18)34-26)13-17-6-2-1-5-16(17)9-10-23(30)31/h1-8,15,18,22,29H,9-14H2,(H,27,32)(H,30,31)/t18-,22+,26+/m1/s1. The quantitative estimate of drug-likeness (QED) is 0.427. The van der Waals surface area contributed by atoms with E-state index >= 15 is 0 Å². The van der Waals surface area contributed by atoms with Gasteiger partial charge in [-0.25, -0.2) is 4.98 Å². The number of nitrogens with one attached hydrogen (secondary N) is 1. The van der Waals surface area contributed by atoms with Crippen molar-refractivity contribution in [3.63, 3.8) is 0 Å². The first kappa shape index (κ1) is 22.2. The Kier molecular flexibility index (Phi) is 5.83. The van der Waals surface area contributed by atoms with Gasteiger partial charge >= 0.3 is 5.97 Å². The molecule has 0 saturated carbocycles. The van der Waals surface area contributed by atoms with Gasteiger partial charge in [-0.1, -0.05) is 36.4 Å². The van der Waals surface area contributed by atoms with Crippen LogP contribution in [-0.4, -0.2) is 38.8 Å². The molecule has 2 fully saturated rings. The van der Waals surface area contributed by atoms with Crippen LogP contribution >= 0.6 is 0 Å². The van der Waals surface area contributed by atoms with Crippen LogP contribution < -0.4 is 5.32 Å². The maximum absolute atomic E-state index is 12.6. The fourth-order valence-corrected chi connectivity index (χ4v) is 5.15. The molecule has 3 atom stereocenters. The molecule has 34 heavy (non-hydrogen) atoms. The van der Waals surface area contributed by atoms with Crippen LogP contribution in [0.1, 0.15) is 59.1 Å². The van der Waals surface area contributed by atoms with E-state index in [0.29, 0.717) is 24.4 Å². The lowest BCUT2D eigenvalue weighted by Crippen LogP contribution is -2.29. The summed E-state index contributed by atoms with van der Waals surface area (Å²) in [7, 11) is 0. The van der Waals surface area contributed by atoms with Gasteiger partial charge in [-0.2, -0.15) is 0 Å². The summed E-state index contributed by atoms with van der Waals surface area (Å²) in [6, 6.07) is 14.4. The van der Waals surface area contributed by atoms with Gasteiger partial charge in [0.25, 0.3) is 5.91 Å². The number of benzene rings is 2. The molecule has 176 valence electrons. The van der Waals surface area contributed by atoms with Crippen molar-refractivity contribution >= 4 is 17.6 Å². The Morgan fingerprint density at radius 1 is 1.12 bits per heavy atom. The number of oxazole rings is 1. The summed E-state index contributed by atoms with van der Waals surface area (Å²) in [6.45, 7) is 0. The van der Waals surface area contributed by atoms with E-state index in [2.05, 4.69) is 10.3 Å². The normalized spacial score (nSPS) is 23.2. The predicted octanol–water partition coefficient (Wildman–Crippen LogP) is 4.30. The highest BCUT2D eigenvalue weighted by Gasteiger charge is 2.53. The molecule has 0 aliphatic carbocycles. The molecule has 8 nitrogen and oxygen atoms in total. The van der Waals surface area contributed by atoms with Crippen LogP contribution in [0, 0.1) is 0 Å². The zero-order valence-corrected chi connectivity index (χ0v) is 18.6. The number of phenolic OH excluding ortho intramolecular Hbond substituents is 1. The number of nitrogens with zero attached hydrogens (tertiary/aromatic N) is 1. The fourth-order valence-electron chi connectivity index (χ4n) is 5.15. The number of aliphatic carboxylic acids is 1. The monoisotopic (exact) mass is 462 g/mol. The number of aromatic hydroxyl groups is 1. The lowest BCUT2D eigenvalue weighted by molar-refractivity contribution is -0.136. The Morgan fingerprint density at radius 3 is 2.68 bits per heavy atom. The number of carboxylic acid groups (broad SMARTS) is 1. The average molecular weight is 463 g/mol. The number of phenols is 1. The predicted molar refractivity (Wildman–Crippen MR) is 123 cm³/mol. The molecule has 2 bridgehead atoms. The molecule has 0 spiro atoms. The number of rotatable bonds is 8. The molecule has 2 saturated heterocycles. The molecule has 1 aromatic heterocycles. The third-order valence-electron chi connectivity index (χ3n) is 6.79. The Balaban J connectivity index is 1.29. The van der Waals surface area contributed by atoms with E-state index < -0.39 is 11.9 Å². The van der Waals surface area contributed by atoms with Gasteiger partial charge in [0.2, 0.25) is 5.89 Å². The van der Waals surface area contributed by atoms with Gasteiger partial charge in [0.15, 0.2) is 5.69 Å². The molecule has 1 amide bonds. The van der Waals surface area contributed by atoms with Gasteiger partial charge < -0.3 is 24.7 Å². The van der Waals surface area contributed by atoms with Crippen molar-refractivity contribution in [2.45, 2.75) is 56.1 Å². The molecular formula is C26H26N2O6. The van der Waals surface area contributed by atoms with Gasteiger partial charge in [0, 0.05) is 12.8 Å². The van der Waals surface area contributed by atoms with Crippen molar-refractivity contribution in [2.75, 3.05) is 5.32 Å². The topological polar surface area (TPSA) is 122 Å². The van der Waals surface area contributed by atoms with Crippen LogP contribution in [0.2, 0.25) is 0 Å². The van der Waals surface area contributed by atoms with E-state index in [4.69, 9.17) is 14.3 Å².